The Morgan fingerprint density at radius 3 is 2.79 bits per heavy atom. The molecule has 0 fully saturated rings. The molecule has 0 atom stereocenters. The Labute approximate surface area is 108 Å². The van der Waals surface area contributed by atoms with Crippen molar-refractivity contribution < 1.29 is 18.3 Å². The lowest BCUT2D eigenvalue weighted by Gasteiger charge is -2.08. The van der Waals surface area contributed by atoms with E-state index in [-0.39, 0.29) is 12.0 Å². The number of nitrogens with zero attached hydrogens (tertiary/aromatic N) is 1. The summed E-state index contributed by atoms with van der Waals surface area (Å²) in [6, 6.07) is 4.68. The molecular weight excluding hydrogens is 252 g/mol. The molecule has 19 heavy (non-hydrogen) atoms. The van der Waals surface area contributed by atoms with Gasteiger partial charge in [0.1, 0.15) is 11.6 Å². The number of esters is 1. The van der Waals surface area contributed by atoms with Gasteiger partial charge in [-0.05, 0) is 35.4 Å². The summed E-state index contributed by atoms with van der Waals surface area (Å²) in [5.74, 6) is -1.59. The maximum Gasteiger partial charge on any atom is 0.338 e. The van der Waals surface area contributed by atoms with Gasteiger partial charge in [-0.15, -0.1) is 0 Å². The maximum atomic E-state index is 13.6. The van der Waals surface area contributed by atoms with Gasteiger partial charge < -0.3 is 4.74 Å². The molecule has 0 aliphatic rings. The molecule has 1 aromatic heterocycles. The van der Waals surface area contributed by atoms with E-state index in [2.05, 4.69) is 9.72 Å². The summed E-state index contributed by atoms with van der Waals surface area (Å²) >= 11 is 0. The number of benzene rings is 1. The highest BCUT2D eigenvalue weighted by Crippen LogP contribution is 2.17. The van der Waals surface area contributed by atoms with Crippen molar-refractivity contribution in [1.82, 2.24) is 4.98 Å². The first-order valence-electron chi connectivity index (χ1n) is 5.57. The van der Waals surface area contributed by atoms with Crippen molar-refractivity contribution in [2.45, 2.75) is 6.42 Å². The van der Waals surface area contributed by atoms with Crippen LogP contribution in [0.3, 0.4) is 0 Å². The zero-order valence-corrected chi connectivity index (χ0v) is 10.2. The summed E-state index contributed by atoms with van der Waals surface area (Å²) in [4.78, 5) is 15.4. The average molecular weight is 263 g/mol. The molecule has 0 saturated carbocycles. The van der Waals surface area contributed by atoms with Gasteiger partial charge in [0.15, 0.2) is 0 Å². The van der Waals surface area contributed by atoms with Crippen LogP contribution in [0.15, 0.2) is 36.7 Å². The highest BCUT2D eigenvalue weighted by Gasteiger charge is 2.14. The number of ether oxygens (including phenoxy) is 1. The van der Waals surface area contributed by atoms with E-state index in [4.69, 9.17) is 0 Å². The first-order chi connectivity index (χ1) is 9.11. The van der Waals surface area contributed by atoms with Crippen LogP contribution in [0, 0.1) is 11.6 Å². The molecule has 98 valence electrons. The Morgan fingerprint density at radius 1 is 1.26 bits per heavy atom. The van der Waals surface area contributed by atoms with E-state index in [1.54, 1.807) is 0 Å². The second-order valence-corrected chi connectivity index (χ2v) is 3.94. The standard InChI is InChI=1S/C14H11F2NO2/c1-19-14(18)12-4-5-17-8-10(12)6-9-7-11(15)2-3-13(9)16/h2-5,7-8H,6H2,1H3. The Balaban J connectivity index is 2.38. The van der Waals surface area contributed by atoms with Crippen molar-refractivity contribution in [2.75, 3.05) is 7.11 Å². The third-order valence-corrected chi connectivity index (χ3v) is 2.70. The van der Waals surface area contributed by atoms with Crippen LogP contribution in [-0.4, -0.2) is 18.1 Å². The van der Waals surface area contributed by atoms with Gasteiger partial charge >= 0.3 is 5.97 Å². The van der Waals surface area contributed by atoms with Gasteiger partial charge in [-0.3, -0.25) is 4.98 Å². The van der Waals surface area contributed by atoms with E-state index in [0.717, 1.165) is 18.2 Å². The van der Waals surface area contributed by atoms with E-state index in [9.17, 15) is 13.6 Å². The van der Waals surface area contributed by atoms with Crippen LogP contribution in [-0.2, 0) is 11.2 Å². The molecule has 0 spiro atoms. The molecule has 0 amide bonds. The summed E-state index contributed by atoms with van der Waals surface area (Å²) in [7, 11) is 1.26. The molecule has 0 saturated heterocycles. The number of hydrogen-bond acceptors (Lipinski definition) is 3. The zero-order chi connectivity index (χ0) is 13.8. The predicted molar refractivity (Wildman–Crippen MR) is 64.7 cm³/mol. The van der Waals surface area contributed by atoms with E-state index >= 15 is 0 Å². The second kappa shape index (κ2) is 5.56. The fraction of sp³-hybridized carbons (Fsp3) is 0.143. The Hall–Kier alpha value is -2.30. The number of rotatable bonds is 3. The molecule has 0 aliphatic carbocycles. The monoisotopic (exact) mass is 263 g/mol. The predicted octanol–water partition coefficient (Wildman–Crippen LogP) is 2.74. The average Bonchev–Trinajstić information content (AvgIpc) is 2.42. The highest BCUT2D eigenvalue weighted by atomic mass is 19.1. The van der Waals surface area contributed by atoms with Crippen molar-refractivity contribution in [3.8, 4) is 0 Å². The third-order valence-electron chi connectivity index (χ3n) is 2.70. The Bertz CT molecular complexity index is 614. The van der Waals surface area contributed by atoms with Gasteiger partial charge in [0.05, 0.1) is 12.7 Å². The van der Waals surface area contributed by atoms with Gasteiger partial charge in [0.2, 0.25) is 0 Å². The minimum Gasteiger partial charge on any atom is -0.465 e. The van der Waals surface area contributed by atoms with Gasteiger partial charge in [0.25, 0.3) is 0 Å². The number of methoxy groups -OCH3 is 1. The first kappa shape index (κ1) is 13.1. The number of pyridine rings is 1. The topological polar surface area (TPSA) is 39.2 Å². The van der Waals surface area contributed by atoms with Crippen LogP contribution in [0.4, 0.5) is 8.78 Å². The number of carbonyl (C=O) groups is 1. The number of aromatic nitrogens is 1. The molecular formula is C14H11F2NO2. The van der Waals surface area contributed by atoms with Gasteiger partial charge in [-0.1, -0.05) is 0 Å². The SMILES string of the molecule is COC(=O)c1ccncc1Cc1cc(F)ccc1F. The van der Waals surface area contributed by atoms with Crippen LogP contribution in [0.25, 0.3) is 0 Å². The fourth-order valence-electron chi connectivity index (χ4n) is 1.76. The van der Waals surface area contributed by atoms with Crippen LogP contribution < -0.4 is 0 Å². The Morgan fingerprint density at radius 2 is 2.05 bits per heavy atom. The highest BCUT2D eigenvalue weighted by molar-refractivity contribution is 5.90. The first-order valence-corrected chi connectivity index (χ1v) is 5.57. The Kier molecular flexibility index (Phi) is 3.85. The molecule has 0 unspecified atom stereocenters. The van der Waals surface area contributed by atoms with Crippen molar-refractivity contribution in [3.05, 3.63) is 65.0 Å². The third kappa shape index (κ3) is 2.93. The summed E-state index contributed by atoms with van der Waals surface area (Å²) in [5, 5.41) is 0. The summed E-state index contributed by atoms with van der Waals surface area (Å²) in [5.41, 5.74) is 0.943. The molecule has 0 N–H and O–H groups in total. The fourth-order valence-corrected chi connectivity index (χ4v) is 1.76. The largest absolute Gasteiger partial charge is 0.465 e. The lowest BCUT2D eigenvalue weighted by atomic mass is 10.0. The summed E-state index contributed by atoms with van der Waals surface area (Å²) < 4.78 is 31.3. The van der Waals surface area contributed by atoms with Crippen molar-refractivity contribution >= 4 is 5.97 Å². The zero-order valence-electron chi connectivity index (χ0n) is 10.2. The molecule has 3 nitrogen and oxygen atoms in total. The molecule has 1 aromatic carbocycles. The van der Waals surface area contributed by atoms with Crippen LogP contribution in [0.2, 0.25) is 0 Å². The minimum absolute atomic E-state index is 0.0713. The summed E-state index contributed by atoms with van der Waals surface area (Å²) in [6.45, 7) is 0. The van der Waals surface area contributed by atoms with E-state index in [0.29, 0.717) is 11.1 Å². The number of halogens is 2. The summed E-state index contributed by atoms with van der Waals surface area (Å²) in [6.07, 6.45) is 2.95. The normalized spacial score (nSPS) is 10.3. The second-order valence-electron chi connectivity index (χ2n) is 3.94. The van der Waals surface area contributed by atoms with E-state index in [1.807, 2.05) is 0 Å². The molecule has 2 aromatic rings. The number of carbonyl (C=O) groups excluding carboxylic acids is 1. The van der Waals surface area contributed by atoms with Gasteiger partial charge in [-0.25, -0.2) is 13.6 Å². The van der Waals surface area contributed by atoms with Gasteiger partial charge in [-0.2, -0.15) is 0 Å². The molecule has 2 rings (SSSR count). The maximum absolute atomic E-state index is 13.6. The molecule has 1 heterocycles. The molecule has 0 bridgehead atoms. The van der Waals surface area contributed by atoms with Crippen molar-refractivity contribution in [2.24, 2.45) is 0 Å². The van der Waals surface area contributed by atoms with Crippen molar-refractivity contribution in [1.29, 1.82) is 0 Å². The number of hydrogen-bond donors (Lipinski definition) is 0. The van der Waals surface area contributed by atoms with Crippen LogP contribution in [0.5, 0.6) is 0 Å². The quantitative estimate of drug-likeness (QED) is 0.799. The van der Waals surface area contributed by atoms with Gasteiger partial charge in [0, 0.05) is 18.8 Å². The lowest BCUT2D eigenvalue weighted by molar-refractivity contribution is 0.0599. The molecule has 0 aliphatic heterocycles. The molecule has 0 radical (unpaired) electrons. The van der Waals surface area contributed by atoms with E-state index < -0.39 is 17.6 Å². The van der Waals surface area contributed by atoms with Crippen LogP contribution in [0.1, 0.15) is 21.5 Å². The van der Waals surface area contributed by atoms with Crippen molar-refractivity contribution in [3.63, 3.8) is 0 Å². The van der Waals surface area contributed by atoms with Crippen LogP contribution >= 0.6 is 0 Å². The smallest absolute Gasteiger partial charge is 0.338 e. The minimum atomic E-state index is -0.533. The molecule has 5 heteroatoms. The lowest BCUT2D eigenvalue weighted by Crippen LogP contribution is -2.07. The van der Waals surface area contributed by atoms with E-state index in [1.165, 1.54) is 25.6 Å².